The summed E-state index contributed by atoms with van der Waals surface area (Å²) in [6, 6.07) is 9.29. The van der Waals surface area contributed by atoms with E-state index in [-0.39, 0.29) is 12.0 Å². The van der Waals surface area contributed by atoms with Crippen LogP contribution in [0.4, 0.5) is 11.4 Å². The van der Waals surface area contributed by atoms with E-state index in [0.717, 1.165) is 52.2 Å². The average Bonchev–Trinajstić information content (AvgIpc) is 3.97. The van der Waals surface area contributed by atoms with Crippen molar-refractivity contribution >= 4 is 40.2 Å². The zero-order chi connectivity index (χ0) is 45.8. The number of anilines is 2. The van der Waals surface area contributed by atoms with Gasteiger partial charge in [-0.1, -0.05) is 26.0 Å². The highest BCUT2D eigenvalue weighted by molar-refractivity contribution is 5.96. The van der Waals surface area contributed by atoms with Gasteiger partial charge in [0.1, 0.15) is 11.2 Å². The average molecular weight is 896 g/mol. The number of H-pyrrole nitrogens is 1. The van der Waals surface area contributed by atoms with E-state index in [4.69, 9.17) is 23.7 Å². The molecule has 2 bridgehead atoms. The topological polar surface area (TPSA) is 167 Å². The van der Waals surface area contributed by atoms with Crippen LogP contribution in [0.5, 0.6) is 5.75 Å². The first-order chi connectivity index (χ1) is 31.2. The van der Waals surface area contributed by atoms with Gasteiger partial charge in [0.15, 0.2) is 6.10 Å². The van der Waals surface area contributed by atoms with E-state index in [2.05, 4.69) is 56.1 Å². The van der Waals surface area contributed by atoms with Gasteiger partial charge in [-0.15, -0.1) is 0 Å². The molecule has 1 unspecified atom stereocenters. The fourth-order valence-corrected chi connectivity index (χ4v) is 14.6. The Bertz CT molecular complexity index is 2450. The molecule has 1 spiro atoms. The Hall–Kier alpha value is -4.67. The summed E-state index contributed by atoms with van der Waals surface area (Å²) in [5.74, 6) is -1.60. The molecule has 10 atom stereocenters. The van der Waals surface area contributed by atoms with Crippen LogP contribution in [-0.4, -0.2) is 160 Å². The number of carbonyl (C=O) groups is 3. The second kappa shape index (κ2) is 15.7. The quantitative estimate of drug-likeness (QED) is 0.170. The molecule has 3 aromatic rings. The van der Waals surface area contributed by atoms with E-state index in [1.165, 1.54) is 21.1 Å². The third-order valence-electron chi connectivity index (χ3n) is 17.1. The fourth-order valence-electron chi connectivity index (χ4n) is 14.6. The number of methoxy groups -OCH3 is 3. The minimum atomic E-state index is -2.32. The molecular weight excluding hydrogens is 831 g/mol. The molecule has 4 fully saturated rings. The lowest BCUT2D eigenvalue weighted by atomic mass is 9.47. The number of piperidine rings is 1. The molecule has 2 aromatic carbocycles. The molecule has 350 valence electrons. The first-order valence-electron chi connectivity index (χ1n) is 23.6. The number of carbonyl (C=O) groups excluding carboxylic acids is 3. The monoisotopic (exact) mass is 895 g/mol. The summed E-state index contributed by atoms with van der Waals surface area (Å²) >= 11 is 0. The molecule has 3 N–H and O–H groups in total. The third-order valence-corrected chi connectivity index (χ3v) is 17.1. The van der Waals surface area contributed by atoms with E-state index >= 15 is 4.79 Å². The normalized spacial score (nSPS) is 36.1. The highest BCUT2D eigenvalue weighted by Gasteiger charge is 2.80. The predicted octanol–water partition coefficient (Wildman–Crippen LogP) is 3.83. The number of likely N-dealkylation sites (N-methyl/N-ethyl adjacent to an activating group) is 1. The van der Waals surface area contributed by atoms with Gasteiger partial charge in [-0.2, -0.15) is 0 Å². The Morgan fingerprint density at radius 1 is 0.923 bits per heavy atom. The Balaban J connectivity index is 1.26. The van der Waals surface area contributed by atoms with Crippen molar-refractivity contribution in [3.63, 3.8) is 0 Å². The van der Waals surface area contributed by atoms with Gasteiger partial charge in [-0.05, 0) is 86.4 Å². The number of rotatable bonds is 8. The summed E-state index contributed by atoms with van der Waals surface area (Å²) in [5.41, 5.74) is -0.690. The summed E-state index contributed by atoms with van der Waals surface area (Å²) in [4.78, 5) is 56.1. The molecule has 15 heteroatoms. The zero-order valence-corrected chi connectivity index (χ0v) is 38.9. The number of morpholine rings is 1. The van der Waals surface area contributed by atoms with E-state index in [1.54, 1.807) is 7.11 Å². The lowest BCUT2D eigenvalue weighted by molar-refractivity contribution is -0.228. The molecule has 15 nitrogen and oxygen atoms in total. The maximum absolute atomic E-state index is 15.6. The lowest BCUT2D eigenvalue weighted by Gasteiger charge is -2.63. The van der Waals surface area contributed by atoms with Crippen molar-refractivity contribution in [2.45, 2.75) is 99.5 Å². The Morgan fingerprint density at radius 3 is 2.38 bits per heavy atom. The Kier molecular flexibility index (Phi) is 10.7. The van der Waals surface area contributed by atoms with Crippen LogP contribution in [-0.2, 0) is 50.6 Å². The molecule has 7 heterocycles. The first-order valence-corrected chi connectivity index (χ1v) is 23.6. The highest BCUT2D eigenvalue weighted by atomic mass is 16.6. The number of aliphatic hydroxyl groups is 2. The van der Waals surface area contributed by atoms with E-state index < -0.39 is 57.5 Å². The van der Waals surface area contributed by atoms with Gasteiger partial charge in [0, 0.05) is 110 Å². The minimum Gasteiger partial charge on any atom is -0.496 e. The Morgan fingerprint density at radius 2 is 1.69 bits per heavy atom. The summed E-state index contributed by atoms with van der Waals surface area (Å²) in [6.07, 6.45) is 5.86. The van der Waals surface area contributed by atoms with Gasteiger partial charge in [0.05, 0.1) is 46.2 Å². The van der Waals surface area contributed by atoms with Crippen LogP contribution in [0.25, 0.3) is 10.9 Å². The van der Waals surface area contributed by atoms with Gasteiger partial charge in [0.2, 0.25) is 5.60 Å². The second-order valence-corrected chi connectivity index (χ2v) is 20.0. The maximum atomic E-state index is 15.6. The van der Waals surface area contributed by atoms with E-state index in [0.29, 0.717) is 95.8 Å². The SMILES string of the molecule is CC[C@]1(O)C[C@H]2CN(CCc3c([nH]c4ccc(N5CCOCC5)cc34)[C@@](C(=O)OC)(c3cc4c(cc3OC)N(C)[C@H]3[C@@](O)(C(=O)OC)[C@H](OC(C)=O)[C@]5(CC)C=CCN6CC[C@]43[C@@H]65)C2)C1. The van der Waals surface area contributed by atoms with E-state index in [1.807, 2.05) is 31.9 Å². The molecule has 10 rings (SSSR count). The number of ether oxygens (including phenoxy) is 5. The molecule has 6 aliphatic heterocycles. The standard InChI is InChI=1S/C50H65N5O10/c1-8-46(59)26-31-27-49(44(57)62-6,40-33(13-17-53(28-31)29-46)34-23-32(11-12-37(34)51-40)54-19-21-64-22-20-54)36-24-35-38(25-39(36)61-5)52(4)42-48(35)15-18-55-16-10-14-47(9-2,41(48)55)43(65-30(3)56)50(42,60)45(58)63-7/h10-12,14,23-25,31,41-43,51,59-60H,8-9,13,15-22,26-29H2,1-7H3/t31-,41+,42-,43-,46+,47-,48-,49+,50+/m1/s1. The summed E-state index contributed by atoms with van der Waals surface area (Å²) in [6.45, 7) is 11.4. The van der Waals surface area contributed by atoms with Gasteiger partial charge in [-0.25, -0.2) is 4.79 Å². The summed E-state index contributed by atoms with van der Waals surface area (Å²) in [7, 11) is 6.18. The molecule has 1 aromatic heterocycles. The lowest BCUT2D eigenvalue weighted by Crippen LogP contribution is -2.81. The number of hydrogen-bond donors (Lipinski definition) is 3. The largest absolute Gasteiger partial charge is 0.496 e. The van der Waals surface area contributed by atoms with Crippen molar-refractivity contribution in [3.8, 4) is 5.75 Å². The molecule has 0 amide bonds. The van der Waals surface area contributed by atoms with Crippen LogP contribution in [0.3, 0.4) is 0 Å². The summed E-state index contributed by atoms with van der Waals surface area (Å²) in [5, 5.41) is 26.6. The van der Waals surface area contributed by atoms with Crippen molar-refractivity contribution in [1.82, 2.24) is 14.8 Å². The molecular formula is C50H65N5O10. The van der Waals surface area contributed by atoms with Gasteiger partial charge < -0.3 is 48.7 Å². The van der Waals surface area contributed by atoms with Crippen molar-refractivity contribution < 1.29 is 48.3 Å². The molecule has 1 saturated carbocycles. The van der Waals surface area contributed by atoms with Crippen molar-refractivity contribution in [3.05, 3.63) is 64.9 Å². The Labute approximate surface area is 380 Å². The number of fused-ring (bicyclic) bond motifs is 6. The van der Waals surface area contributed by atoms with Crippen molar-refractivity contribution in [2.24, 2.45) is 11.3 Å². The second-order valence-electron chi connectivity index (χ2n) is 20.0. The number of nitrogens with zero attached hydrogens (tertiary/aromatic N) is 4. The van der Waals surface area contributed by atoms with Crippen LogP contribution in [0.1, 0.15) is 75.3 Å². The molecule has 65 heavy (non-hydrogen) atoms. The zero-order valence-electron chi connectivity index (χ0n) is 38.9. The smallest absolute Gasteiger partial charge is 0.344 e. The number of aromatic amines is 1. The number of benzene rings is 2. The first kappa shape index (κ1) is 44.2. The predicted molar refractivity (Wildman–Crippen MR) is 243 cm³/mol. The third kappa shape index (κ3) is 6.06. The van der Waals surface area contributed by atoms with Crippen molar-refractivity contribution in [2.75, 3.05) is 97.2 Å². The number of nitrogens with one attached hydrogen (secondary N) is 1. The van der Waals surface area contributed by atoms with Crippen molar-refractivity contribution in [1.29, 1.82) is 0 Å². The number of aromatic nitrogens is 1. The van der Waals surface area contributed by atoms with E-state index in [9.17, 15) is 19.8 Å². The number of esters is 3. The fraction of sp³-hybridized carbons (Fsp3) is 0.620. The van der Waals surface area contributed by atoms with Crippen LogP contribution < -0.4 is 14.5 Å². The molecule has 3 saturated heterocycles. The van der Waals surface area contributed by atoms with Crippen LogP contribution in [0.15, 0.2) is 42.5 Å². The van der Waals surface area contributed by atoms with Gasteiger partial charge >= 0.3 is 17.9 Å². The summed E-state index contributed by atoms with van der Waals surface area (Å²) < 4.78 is 29.9. The molecule has 0 radical (unpaired) electrons. The number of hydrogen-bond acceptors (Lipinski definition) is 14. The maximum Gasteiger partial charge on any atom is 0.344 e. The molecule has 1 aliphatic carbocycles. The van der Waals surface area contributed by atoms with Gasteiger partial charge in [0.25, 0.3) is 0 Å². The molecule has 7 aliphatic rings. The van der Waals surface area contributed by atoms with Crippen LogP contribution in [0, 0.1) is 11.3 Å². The highest BCUT2D eigenvalue weighted by Crippen LogP contribution is 2.68. The van der Waals surface area contributed by atoms with Gasteiger partial charge in [-0.3, -0.25) is 19.4 Å². The van der Waals surface area contributed by atoms with Crippen LogP contribution >= 0.6 is 0 Å². The minimum absolute atomic E-state index is 0.123. The van der Waals surface area contributed by atoms with Crippen LogP contribution in [0.2, 0.25) is 0 Å².